The van der Waals surface area contributed by atoms with Gasteiger partial charge in [0.1, 0.15) is 0 Å². The van der Waals surface area contributed by atoms with Gasteiger partial charge >= 0.3 is 5.97 Å². The van der Waals surface area contributed by atoms with Gasteiger partial charge in [-0.15, -0.1) is 11.3 Å². The molecule has 0 spiro atoms. The van der Waals surface area contributed by atoms with Crippen LogP contribution in [-0.4, -0.2) is 41.8 Å². The number of carbonyl (C=O) groups excluding carboxylic acids is 1. The highest BCUT2D eigenvalue weighted by Crippen LogP contribution is 2.25. The molecule has 1 aliphatic rings. The van der Waals surface area contributed by atoms with Gasteiger partial charge in [-0.2, -0.15) is 0 Å². The van der Waals surface area contributed by atoms with Crippen LogP contribution in [0.25, 0.3) is 10.1 Å². The first-order valence-corrected chi connectivity index (χ1v) is 11.4. The van der Waals surface area contributed by atoms with E-state index in [2.05, 4.69) is 47.2 Å². The summed E-state index contributed by atoms with van der Waals surface area (Å²) in [6.45, 7) is 4.73. The Labute approximate surface area is 181 Å². The molecule has 1 aromatic carbocycles. The normalized spacial score (nSPS) is 21.4. The first-order valence-electron chi connectivity index (χ1n) is 10.5. The van der Waals surface area contributed by atoms with Crippen molar-refractivity contribution in [3.05, 3.63) is 46.9 Å². The highest BCUT2D eigenvalue weighted by atomic mass is 32.1. The second-order valence-electron chi connectivity index (χ2n) is 7.75. The minimum Gasteiger partial charge on any atom is -0.478 e. The minimum atomic E-state index is -0.940. The minimum absolute atomic E-state index is 0.152. The molecule has 0 bridgehead atoms. The predicted octanol–water partition coefficient (Wildman–Crippen LogP) is 3.85. The number of ether oxygens (including phenoxy) is 1. The summed E-state index contributed by atoms with van der Waals surface area (Å²) in [5.74, 6) is -1.09. The smallest absolute Gasteiger partial charge is 0.331 e. The monoisotopic (exact) mass is 430 g/mol. The van der Waals surface area contributed by atoms with E-state index in [9.17, 15) is 14.7 Å². The maximum Gasteiger partial charge on any atom is 0.331 e. The van der Waals surface area contributed by atoms with E-state index in [1.807, 2.05) is 0 Å². The van der Waals surface area contributed by atoms with Crippen molar-refractivity contribution < 1.29 is 19.4 Å². The van der Waals surface area contributed by atoms with E-state index in [0.29, 0.717) is 25.1 Å². The zero-order valence-corrected chi connectivity index (χ0v) is 18.3. The summed E-state index contributed by atoms with van der Waals surface area (Å²) in [5.41, 5.74) is 1.44. The molecule has 0 saturated carbocycles. The number of hydrogen-bond acceptors (Lipinski definition) is 5. The van der Waals surface area contributed by atoms with Gasteiger partial charge in [-0.3, -0.25) is 4.79 Å². The number of amides is 1. The molecule has 1 amide bonds. The van der Waals surface area contributed by atoms with Gasteiger partial charge in [-0.25, -0.2) is 4.79 Å². The van der Waals surface area contributed by atoms with Gasteiger partial charge in [0, 0.05) is 36.4 Å². The van der Waals surface area contributed by atoms with Crippen LogP contribution in [0.1, 0.15) is 45.1 Å². The summed E-state index contributed by atoms with van der Waals surface area (Å²) in [4.78, 5) is 23.6. The van der Waals surface area contributed by atoms with E-state index in [-0.39, 0.29) is 18.0 Å². The van der Waals surface area contributed by atoms with Crippen LogP contribution in [-0.2, 0) is 20.9 Å². The molecule has 1 aromatic heterocycles. The number of carboxylic acids is 1. The average molecular weight is 431 g/mol. The molecule has 0 aliphatic heterocycles. The molecular weight excluding hydrogens is 400 g/mol. The average Bonchev–Trinajstić information content (AvgIpc) is 3.18. The number of aliphatic carboxylic acids is 1. The Hall–Kier alpha value is -2.22. The Kier molecular flexibility index (Phi) is 8.01. The Bertz CT molecular complexity index is 907. The first-order chi connectivity index (χ1) is 14.5. The molecule has 1 unspecified atom stereocenters. The molecule has 0 saturated heterocycles. The van der Waals surface area contributed by atoms with Crippen molar-refractivity contribution in [2.45, 2.75) is 64.3 Å². The second-order valence-corrected chi connectivity index (χ2v) is 8.70. The van der Waals surface area contributed by atoms with Crippen LogP contribution in [0.4, 0.5) is 0 Å². The van der Waals surface area contributed by atoms with Gasteiger partial charge < -0.3 is 20.5 Å². The molecule has 1 heterocycles. The lowest BCUT2D eigenvalue weighted by atomic mass is 9.87. The van der Waals surface area contributed by atoms with Crippen LogP contribution in [0, 0.1) is 0 Å². The van der Waals surface area contributed by atoms with Crippen LogP contribution in [0.2, 0.25) is 0 Å². The predicted molar refractivity (Wildman–Crippen MR) is 120 cm³/mol. The Balaban J connectivity index is 1.75. The van der Waals surface area contributed by atoms with E-state index in [1.165, 1.54) is 17.0 Å². The summed E-state index contributed by atoms with van der Waals surface area (Å²) in [5, 5.41) is 19.3. The third-order valence-corrected chi connectivity index (χ3v) is 6.28. The third kappa shape index (κ3) is 5.90. The first kappa shape index (κ1) is 22.5. The Morgan fingerprint density at radius 1 is 1.27 bits per heavy atom. The third-order valence-electron chi connectivity index (χ3n) is 5.38. The molecule has 6 nitrogen and oxygen atoms in total. The van der Waals surface area contributed by atoms with Crippen molar-refractivity contribution >= 4 is 33.3 Å². The van der Waals surface area contributed by atoms with Gasteiger partial charge in [-0.1, -0.05) is 25.8 Å². The van der Waals surface area contributed by atoms with E-state index in [1.54, 1.807) is 17.4 Å². The second kappa shape index (κ2) is 10.7. The number of carboxylic acid groups (broad SMARTS) is 1. The highest BCUT2D eigenvalue weighted by Gasteiger charge is 2.36. The maximum atomic E-state index is 11.9. The van der Waals surface area contributed by atoms with E-state index in [4.69, 9.17) is 4.74 Å². The van der Waals surface area contributed by atoms with Crippen LogP contribution >= 0.6 is 11.3 Å². The van der Waals surface area contributed by atoms with Gasteiger partial charge in [-0.05, 0) is 53.4 Å². The maximum absolute atomic E-state index is 11.9. The van der Waals surface area contributed by atoms with Crippen molar-refractivity contribution in [3.63, 3.8) is 0 Å². The molecule has 162 valence electrons. The number of benzene rings is 1. The molecular formula is C23H30N2O4S. The van der Waals surface area contributed by atoms with Crippen molar-refractivity contribution in [3.8, 4) is 0 Å². The largest absolute Gasteiger partial charge is 0.478 e. The topological polar surface area (TPSA) is 87.7 Å². The molecule has 7 heteroatoms. The van der Waals surface area contributed by atoms with Crippen LogP contribution in [0.5, 0.6) is 0 Å². The summed E-state index contributed by atoms with van der Waals surface area (Å²) < 4.78 is 7.26. The van der Waals surface area contributed by atoms with E-state index < -0.39 is 12.1 Å². The quantitative estimate of drug-likeness (QED) is 0.498. The van der Waals surface area contributed by atoms with Crippen LogP contribution in [0.3, 0.4) is 0 Å². The summed E-state index contributed by atoms with van der Waals surface area (Å²) >= 11 is 1.71. The molecule has 3 rings (SSSR count). The molecule has 2 aromatic rings. The number of hydrogen-bond donors (Lipinski definition) is 3. The molecule has 30 heavy (non-hydrogen) atoms. The fourth-order valence-corrected chi connectivity index (χ4v) is 4.61. The number of unbranched alkanes of at least 4 members (excludes halogenated alkanes) is 2. The van der Waals surface area contributed by atoms with Crippen LogP contribution < -0.4 is 10.6 Å². The summed E-state index contributed by atoms with van der Waals surface area (Å²) in [6, 6.07) is 7.86. The van der Waals surface area contributed by atoms with Gasteiger partial charge in [0.2, 0.25) is 5.91 Å². The molecule has 0 fully saturated rings. The van der Waals surface area contributed by atoms with Crippen molar-refractivity contribution in [1.82, 2.24) is 10.6 Å². The van der Waals surface area contributed by atoms with E-state index >= 15 is 0 Å². The Morgan fingerprint density at radius 3 is 2.83 bits per heavy atom. The number of carbonyl (C=O) groups is 2. The highest BCUT2D eigenvalue weighted by molar-refractivity contribution is 7.17. The number of fused-ring (bicyclic) bond motifs is 1. The lowest BCUT2D eigenvalue weighted by Crippen LogP contribution is -2.58. The summed E-state index contributed by atoms with van der Waals surface area (Å²) in [7, 11) is 0. The molecule has 3 N–H and O–H groups in total. The molecule has 0 radical (unpaired) electrons. The zero-order valence-electron chi connectivity index (χ0n) is 17.5. The number of thiophene rings is 1. The van der Waals surface area contributed by atoms with E-state index in [0.717, 1.165) is 24.8 Å². The van der Waals surface area contributed by atoms with Gasteiger partial charge in [0.05, 0.1) is 12.1 Å². The number of nitrogens with one attached hydrogen (secondary N) is 2. The Morgan fingerprint density at radius 2 is 2.10 bits per heavy atom. The lowest BCUT2D eigenvalue weighted by molar-refractivity contribution is -0.133. The number of rotatable bonds is 10. The lowest BCUT2D eigenvalue weighted by Gasteiger charge is -2.37. The van der Waals surface area contributed by atoms with Crippen molar-refractivity contribution in [2.75, 3.05) is 6.61 Å². The molecule has 1 aliphatic carbocycles. The van der Waals surface area contributed by atoms with Gasteiger partial charge in [0.15, 0.2) is 0 Å². The standard InChI is InChI=1S/C23H30N2O4S/c1-3-4-5-9-29-20-13-18(23(27)28)12-19(22(20)25-15(2)26)24-14-16-6-7-21-17(11-16)8-10-30-21/h6-8,10-11,13,19-20,22,24H,3-5,9,12,14H2,1-2H3,(H,25,26)(H,27,28)/t19-,20?,22+/m0/s1. The summed E-state index contributed by atoms with van der Waals surface area (Å²) in [6.07, 6.45) is 4.56. The van der Waals surface area contributed by atoms with Gasteiger partial charge in [0.25, 0.3) is 0 Å². The van der Waals surface area contributed by atoms with Crippen molar-refractivity contribution in [1.29, 1.82) is 0 Å². The fraction of sp³-hybridized carbons (Fsp3) is 0.478. The van der Waals surface area contributed by atoms with Crippen molar-refractivity contribution in [2.24, 2.45) is 0 Å². The zero-order chi connectivity index (χ0) is 21.5. The fourth-order valence-electron chi connectivity index (χ4n) is 3.84. The SMILES string of the molecule is CCCCCOC1C=C(C(=O)O)C[C@H](NCc2ccc3sccc3c2)[C@H]1NC(C)=O. The van der Waals surface area contributed by atoms with Crippen LogP contribution in [0.15, 0.2) is 41.3 Å². The molecule has 3 atom stereocenters.